The van der Waals surface area contributed by atoms with Crippen LogP contribution in [-0.4, -0.2) is 28.5 Å². The zero-order valence-electron chi connectivity index (χ0n) is 13.2. The number of anilines is 1. The number of rotatable bonds is 2. The van der Waals surface area contributed by atoms with E-state index in [2.05, 4.69) is 18.0 Å². The summed E-state index contributed by atoms with van der Waals surface area (Å²) >= 11 is 0. The summed E-state index contributed by atoms with van der Waals surface area (Å²) in [6.07, 6.45) is 1.84. The highest BCUT2D eigenvalue weighted by Crippen LogP contribution is 2.31. The van der Waals surface area contributed by atoms with Gasteiger partial charge in [0.15, 0.2) is 0 Å². The Balaban J connectivity index is 2.02. The van der Waals surface area contributed by atoms with Gasteiger partial charge in [0.1, 0.15) is 11.4 Å². The lowest BCUT2D eigenvalue weighted by molar-refractivity contribution is 0.0690. The van der Waals surface area contributed by atoms with Crippen molar-refractivity contribution in [3.63, 3.8) is 0 Å². The molecule has 0 bridgehead atoms. The molecule has 23 heavy (non-hydrogen) atoms. The molecule has 1 aromatic heterocycles. The molecule has 0 saturated heterocycles. The number of carboxylic acids is 1. The van der Waals surface area contributed by atoms with Gasteiger partial charge in [-0.2, -0.15) is 0 Å². The molecule has 1 aromatic carbocycles. The van der Waals surface area contributed by atoms with Crippen molar-refractivity contribution in [2.75, 3.05) is 11.4 Å². The molecule has 118 valence electrons. The Morgan fingerprint density at radius 2 is 1.91 bits per heavy atom. The van der Waals surface area contributed by atoms with Gasteiger partial charge in [-0.25, -0.2) is 9.78 Å². The minimum Gasteiger partial charge on any atom is -0.477 e. The van der Waals surface area contributed by atoms with E-state index >= 15 is 0 Å². The predicted molar refractivity (Wildman–Crippen MR) is 87.1 cm³/mol. The van der Waals surface area contributed by atoms with E-state index < -0.39 is 5.97 Å². The van der Waals surface area contributed by atoms with Crippen molar-refractivity contribution in [3.8, 4) is 0 Å². The zero-order valence-corrected chi connectivity index (χ0v) is 13.2. The molecule has 1 amide bonds. The Kier molecular flexibility index (Phi) is 3.86. The van der Waals surface area contributed by atoms with Crippen molar-refractivity contribution in [3.05, 3.63) is 58.4 Å². The standard InChI is InChI=1S/C18H18N2O3/c1-11-9-12(2)13-5-4-8-20(16(13)10-11)17(21)14-6-3-7-15(19-14)18(22)23/h3,6-7,9-10H,4-5,8H2,1-2H3,(H,22,23). The number of hydrogen-bond donors (Lipinski definition) is 1. The highest BCUT2D eigenvalue weighted by atomic mass is 16.4. The average molecular weight is 310 g/mol. The van der Waals surface area contributed by atoms with Crippen molar-refractivity contribution in [2.45, 2.75) is 26.7 Å². The van der Waals surface area contributed by atoms with Gasteiger partial charge in [0, 0.05) is 12.2 Å². The normalized spacial score (nSPS) is 13.6. The van der Waals surface area contributed by atoms with Crippen molar-refractivity contribution in [1.82, 2.24) is 4.98 Å². The molecule has 1 aliphatic rings. The molecule has 0 spiro atoms. The topological polar surface area (TPSA) is 70.5 Å². The van der Waals surface area contributed by atoms with Crippen LogP contribution in [0, 0.1) is 13.8 Å². The first-order valence-electron chi connectivity index (χ1n) is 7.59. The highest BCUT2D eigenvalue weighted by molar-refractivity contribution is 6.06. The fraction of sp³-hybridized carbons (Fsp3) is 0.278. The molecule has 0 fully saturated rings. The first kappa shape index (κ1) is 15.2. The quantitative estimate of drug-likeness (QED) is 0.925. The fourth-order valence-corrected chi connectivity index (χ4v) is 3.10. The summed E-state index contributed by atoms with van der Waals surface area (Å²) in [5.41, 5.74) is 4.44. The highest BCUT2D eigenvalue weighted by Gasteiger charge is 2.26. The number of amides is 1. The molecule has 0 saturated carbocycles. The number of benzene rings is 1. The summed E-state index contributed by atoms with van der Waals surface area (Å²) in [5, 5.41) is 9.04. The molecule has 2 heterocycles. The summed E-state index contributed by atoms with van der Waals surface area (Å²) in [5.74, 6) is -1.38. The first-order chi connectivity index (χ1) is 11.0. The monoisotopic (exact) mass is 310 g/mol. The molecule has 0 unspecified atom stereocenters. The lowest BCUT2D eigenvalue weighted by Gasteiger charge is -2.30. The SMILES string of the molecule is Cc1cc(C)c2c(c1)N(C(=O)c1cccc(C(=O)O)n1)CCC2. The van der Waals surface area contributed by atoms with Crippen molar-refractivity contribution in [1.29, 1.82) is 0 Å². The number of fused-ring (bicyclic) bond motifs is 1. The second-order valence-corrected chi connectivity index (χ2v) is 5.85. The third kappa shape index (κ3) is 2.82. The van der Waals surface area contributed by atoms with Gasteiger partial charge >= 0.3 is 5.97 Å². The van der Waals surface area contributed by atoms with Crippen molar-refractivity contribution >= 4 is 17.6 Å². The van der Waals surface area contributed by atoms with Crippen molar-refractivity contribution in [2.24, 2.45) is 0 Å². The molecule has 5 heteroatoms. The molecular formula is C18H18N2O3. The van der Waals surface area contributed by atoms with Gasteiger partial charge in [-0.3, -0.25) is 4.79 Å². The number of carboxylic acid groups (broad SMARTS) is 1. The molecule has 1 N–H and O–H groups in total. The Morgan fingerprint density at radius 1 is 1.17 bits per heavy atom. The molecule has 5 nitrogen and oxygen atoms in total. The van der Waals surface area contributed by atoms with E-state index in [-0.39, 0.29) is 17.3 Å². The van der Waals surface area contributed by atoms with E-state index in [0.717, 1.165) is 24.1 Å². The van der Waals surface area contributed by atoms with Gasteiger partial charge in [-0.1, -0.05) is 12.1 Å². The zero-order chi connectivity index (χ0) is 16.6. The number of carbonyl (C=O) groups is 2. The second-order valence-electron chi connectivity index (χ2n) is 5.85. The summed E-state index contributed by atoms with van der Waals surface area (Å²) in [6.45, 7) is 4.69. The Morgan fingerprint density at radius 3 is 2.65 bits per heavy atom. The second kappa shape index (κ2) is 5.83. The van der Waals surface area contributed by atoms with E-state index in [4.69, 9.17) is 5.11 Å². The van der Waals surface area contributed by atoms with Crippen LogP contribution < -0.4 is 4.90 Å². The van der Waals surface area contributed by atoms with Crippen LogP contribution in [0.2, 0.25) is 0 Å². The average Bonchev–Trinajstić information content (AvgIpc) is 2.53. The molecule has 1 aliphatic heterocycles. The van der Waals surface area contributed by atoms with E-state index in [9.17, 15) is 9.59 Å². The third-order valence-corrected chi connectivity index (χ3v) is 4.13. The first-order valence-corrected chi connectivity index (χ1v) is 7.59. The number of aromatic carboxylic acids is 1. The summed E-state index contributed by atoms with van der Waals surface area (Å²) in [7, 11) is 0. The maximum absolute atomic E-state index is 12.8. The fourth-order valence-electron chi connectivity index (χ4n) is 3.10. The van der Waals surface area contributed by atoms with Crippen LogP contribution in [0.4, 0.5) is 5.69 Å². The van der Waals surface area contributed by atoms with Crippen LogP contribution >= 0.6 is 0 Å². The van der Waals surface area contributed by atoms with Crippen LogP contribution in [0.25, 0.3) is 0 Å². The summed E-state index contributed by atoms with van der Waals surface area (Å²) < 4.78 is 0. The molecular weight excluding hydrogens is 292 g/mol. The number of aryl methyl sites for hydroxylation is 2. The molecule has 0 aliphatic carbocycles. The van der Waals surface area contributed by atoms with Gasteiger partial charge in [0.25, 0.3) is 5.91 Å². The summed E-state index contributed by atoms with van der Waals surface area (Å²) in [4.78, 5) is 29.6. The smallest absolute Gasteiger partial charge is 0.354 e. The van der Waals surface area contributed by atoms with Crippen LogP contribution in [0.5, 0.6) is 0 Å². The summed E-state index contributed by atoms with van der Waals surface area (Å²) in [6, 6.07) is 8.63. The number of carbonyl (C=O) groups excluding carboxylic acids is 1. The van der Waals surface area contributed by atoms with Crippen LogP contribution in [0.1, 0.15) is 44.1 Å². The van der Waals surface area contributed by atoms with Crippen LogP contribution in [-0.2, 0) is 6.42 Å². The Labute approximate surface area is 134 Å². The van der Waals surface area contributed by atoms with E-state index in [1.807, 2.05) is 13.0 Å². The van der Waals surface area contributed by atoms with Gasteiger partial charge in [0.2, 0.25) is 0 Å². The van der Waals surface area contributed by atoms with Gasteiger partial charge in [-0.15, -0.1) is 0 Å². The van der Waals surface area contributed by atoms with Crippen LogP contribution in [0.15, 0.2) is 30.3 Å². The molecule has 3 rings (SSSR count). The Bertz CT molecular complexity index is 799. The minimum atomic E-state index is -1.13. The lowest BCUT2D eigenvalue weighted by atomic mass is 9.95. The lowest BCUT2D eigenvalue weighted by Crippen LogP contribution is -2.36. The maximum Gasteiger partial charge on any atom is 0.354 e. The number of nitrogens with zero attached hydrogens (tertiary/aromatic N) is 2. The van der Waals surface area contributed by atoms with Gasteiger partial charge in [-0.05, 0) is 61.6 Å². The molecule has 2 aromatic rings. The maximum atomic E-state index is 12.8. The van der Waals surface area contributed by atoms with Gasteiger partial charge < -0.3 is 10.0 Å². The van der Waals surface area contributed by atoms with E-state index in [1.54, 1.807) is 17.0 Å². The predicted octanol–water partition coefficient (Wildman–Crippen LogP) is 2.99. The largest absolute Gasteiger partial charge is 0.477 e. The number of hydrogen-bond acceptors (Lipinski definition) is 3. The molecule has 0 atom stereocenters. The number of aromatic nitrogens is 1. The molecule has 0 radical (unpaired) electrons. The third-order valence-electron chi connectivity index (χ3n) is 4.13. The van der Waals surface area contributed by atoms with E-state index in [1.165, 1.54) is 17.2 Å². The number of pyridine rings is 1. The van der Waals surface area contributed by atoms with E-state index in [0.29, 0.717) is 6.54 Å². The van der Waals surface area contributed by atoms with Crippen molar-refractivity contribution < 1.29 is 14.7 Å². The minimum absolute atomic E-state index is 0.117. The van der Waals surface area contributed by atoms with Crippen LogP contribution in [0.3, 0.4) is 0 Å². The Hall–Kier alpha value is -2.69. The van der Waals surface area contributed by atoms with Gasteiger partial charge in [0.05, 0.1) is 0 Å².